The van der Waals surface area contributed by atoms with Gasteiger partial charge in [-0.3, -0.25) is 0 Å². The summed E-state index contributed by atoms with van der Waals surface area (Å²) in [5.41, 5.74) is 0. The van der Waals surface area contributed by atoms with E-state index in [1.807, 2.05) is 0 Å². The van der Waals surface area contributed by atoms with Crippen molar-refractivity contribution in [3.8, 4) is 0 Å². The zero-order valence-corrected chi connectivity index (χ0v) is 11.8. The number of alkyl halides is 3. The second-order valence-corrected chi connectivity index (χ2v) is 7.26. The summed E-state index contributed by atoms with van der Waals surface area (Å²) < 4.78 is 83.3. The van der Waals surface area contributed by atoms with Gasteiger partial charge in [-0.25, -0.2) is 26.7 Å². The molecule has 1 aromatic rings. The number of sulfonamides is 2. The van der Waals surface area contributed by atoms with E-state index in [1.165, 1.54) is 4.72 Å². The van der Waals surface area contributed by atoms with E-state index >= 15 is 0 Å². The molecule has 0 spiro atoms. The van der Waals surface area contributed by atoms with Gasteiger partial charge in [-0.05, 0) is 18.2 Å². The molecule has 12 heteroatoms. The molecule has 0 aliphatic rings. The first kappa shape index (κ1) is 17.8. The number of primary sulfonamides is 1. The molecule has 0 aromatic heterocycles. The van der Waals surface area contributed by atoms with Crippen LogP contribution in [0.25, 0.3) is 0 Å². The Labute approximate surface area is 118 Å². The molecule has 1 rings (SSSR count). The van der Waals surface area contributed by atoms with Crippen LogP contribution in [0.4, 0.5) is 13.2 Å². The first-order chi connectivity index (χ1) is 9.34. The van der Waals surface area contributed by atoms with Crippen LogP contribution < -0.4 is 9.86 Å². The number of hydrogen-bond donors (Lipinski definition) is 3. The normalized spacial score (nSPS) is 14.9. The van der Waals surface area contributed by atoms with Crippen molar-refractivity contribution in [2.45, 2.75) is 22.1 Å². The van der Waals surface area contributed by atoms with Gasteiger partial charge in [-0.1, -0.05) is 6.07 Å². The van der Waals surface area contributed by atoms with Crippen LogP contribution >= 0.6 is 0 Å². The average molecular weight is 348 g/mol. The molecule has 1 aromatic carbocycles. The van der Waals surface area contributed by atoms with E-state index in [9.17, 15) is 30.0 Å². The van der Waals surface area contributed by atoms with Gasteiger partial charge < -0.3 is 5.11 Å². The Morgan fingerprint density at radius 3 is 2.19 bits per heavy atom. The van der Waals surface area contributed by atoms with Crippen molar-refractivity contribution in [2.75, 3.05) is 6.54 Å². The number of benzene rings is 1. The standard InChI is InChI=1S/C9H11F3N2O5S2/c10-9(11,12)8(15)5-14-21(18,19)7-3-1-2-6(4-7)20(13,16)17/h1-4,8,14-15H,5H2,(H2,13,16,17). The number of halogens is 3. The molecule has 0 aliphatic heterocycles. The van der Waals surface area contributed by atoms with Gasteiger partial charge >= 0.3 is 6.18 Å². The minimum atomic E-state index is -4.98. The van der Waals surface area contributed by atoms with Gasteiger partial charge in [0.05, 0.1) is 9.79 Å². The molecule has 0 heterocycles. The van der Waals surface area contributed by atoms with Crippen molar-refractivity contribution >= 4 is 20.0 Å². The summed E-state index contributed by atoms with van der Waals surface area (Å²) in [6, 6.07) is 3.75. The smallest absolute Gasteiger partial charge is 0.382 e. The molecule has 4 N–H and O–H groups in total. The highest BCUT2D eigenvalue weighted by Gasteiger charge is 2.38. The molecule has 0 fully saturated rings. The van der Waals surface area contributed by atoms with Crippen molar-refractivity contribution < 1.29 is 35.1 Å². The van der Waals surface area contributed by atoms with Gasteiger partial charge in [-0.15, -0.1) is 0 Å². The predicted molar refractivity (Wildman–Crippen MR) is 65.1 cm³/mol. The Kier molecular flexibility index (Phi) is 5.00. The maximum absolute atomic E-state index is 12.1. The SMILES string of the molecule is NS(=O)(=O)c1cccc(S(=O)(=O)NCC(O)C(F)(F)F)c1. The fourth-order valence-corrected chi connectivity index (χ4v) is 2.92. The van der Waals surface area contributed by atoms with E-state index in [0.29, 0.717) is 6.07 Å². The van der Waals surface area contributed by atoms with Crippen molar-refractivity contribution in [2.24, 2.45) is 5.14 Å². The largest absolute Gasteiger partial charge is 0.415 e. The molecule has 0 bridgehead atoms. The van der Waals surface area contributed by atoms with Crippen LogP contribution in [0.2, 0.25) is 0 Å². The highest BCUT2D eigenvalue weighted by atomic mass is 32.2. The Balaban J connectivity index is 3.00. The Hall–Kier alpha value is -1.21. The fraction of sp³-hybridized carbons (Fsp3) is 0.333. The van der Waals surface area contributed by atoms with E-state index in [0.717, 1.165) is 18.2 Å². The highest BCUT2D eigenvalue weighted by molar-refractivity contribution is 7.90. The third-order valence-corrected chi connectivity index (χ3v) is 4.62. The number of nitrogens with one attached hydrogen (secondary N) is 1. The lowest BCUT2D eigenvalue weighted by Crippen LogP contribution is -2.40. The third-order valence-electron chi connectivity index (χ3n) is 2.29. The Morgan fingerprint density at radius 1 is 1.19 bits per heavy atom. The summed E-state index contributed by atoms with van der Waals surface area (Å²) in [7, 11) is -8.59. The lowest BCUT2D eigenvalue weighted by Gasteiger charge is -2.15. The molecule has 0 saturated heterocycles. The molecule has 1 unspecified atom stereocenters. The van der Waals surface area contributed by atoms with Crippen LogP contribution in [0.5, 0.6) is 0 Å². The zero-order chi connectivity index (χ0) is 16.5. The van der Waals surface area contributed by atoms with Gasteiger partial charge in [0.1, 0.15) is 0 Å². The van der Waals surface area contributed by atoms with E-state index in [-0.39, 0.29) is 0 Å². The molecule has 120 valence electrons. The summed E-state index contributed by atoms with van der Waals surface area (Å²) in [6.45, 7) is -1.30. The van der Waals surface area contributed by atoms with Crippen LogP contribution in [-0.2, 0) is 20.0 Å². The minimum Gasteiger partial charge on any atom is -0.382 e. The summed E-state index contributed by atoms with van der Waals surface area (Å²) in [6.07, 6.45) is -7.86. The number of aliphatic hydroxyl groups excluding tert-OH is 1. The van der Waals surface area contributed by atoms with Gasteiger partial charge in [0.15, 0.2) is 6.10 Å². The van der Waals surface area contributed by atoms with Crippen molar-refractivity contribution in [1.29, 1.82) is 0 Å². The molecule has 21 heavy (non-hydrogen) atoms. The first-order valence-corrected chi connectivity index (χ1v) is 8.24. The van der Waals surface area contributed by atoms with Crippen LogP contribution in [0.3, 0.4) is 0 Å². The zero-order valence-electron chi connectivity index (χ0n) is 10.2. The summed E-state index contributed by atoms with van der Waals surface area (Å²) in [4.78, 5) is -1.11. The minimum absolute atomic E-state index is 0.512. The number of rotatable bonds is 5. The maximum Gasteiger partial charge on any atom is 0.415 e. The average Bonchev–Trinajstić information content (AvgIpc) is 2.34. The first-order valence-electron chi connectivity index (χ1n) is 5.21. The van der Waals surface area contributed by atoms with E-state index in [4.69, 9.17) is 10.2 Å². The van der Waals surface area contributed by atoms with Crippen molar-refractivity contribution in [3.63, 3.8) is 0 Å². The molecule has 7 nitrogen and oxygen atoms in total. The maximum atomic E-state index is 12.1. The second-order valence-electron chi connectivity index (χ2n) is 3.93. The van der Waals surface area contributed by atoms with Crippen molar-refractivity contribution in [3.05, 3.63) is 24.3 Å². The molecular formula is C9H11F3N2O5S2. The van der Waals surface area contributed by atoms with Crippen LogP contribution in [0.1, 0.15) is 0 Å². The predicted octanol–water partition coefficient (Wildman–Crippen LogP) is -0.464. The lowest BCUT2D eigenvalue weighted by atomic mass is 10.4. The summed E-state index contributed by atoms with van der Waals surface area (Å²) >= 11 is 0. The second kappa shape index (κ2) is 5.88. The molecule has 1 atom stereocenters. The van der Waals surface area contributed by atoms with E-state index in [1.54, 1.807) is 0 Å². The Morgan fingerprint density at radius 2 is 1.71 bits per heavy atom. The molecule has 0 saturated carbocycles. The van der Waals surface area contributed by atoms with Crippen LogP contribution in [-0.4, -0.2) is 40.8 Å². The number of nitrogens with two attached hydrogens (primary N) is 1. The highest BCUT2D eigenvalue weighted by Crippen LogP contribution is 2.20. The fourth-order valence-electron chi connectivity index (χ4n) is 1.21. The quantitative estimate of drug-likeness (QED) is 0.663. The van der Waals surface area contributed by atoms with Gasteiger partial charge in [0.2, 0.25) is 20.0 Å². The van der Waals surface area contributed by atoms with Crippen LogP contribution in [0, 0.1) is 0 Å². The van der Waals surface area contributed by atoms with E-state index < -0.39 is 48.7 Å². The number of hydrogen-bond acceptors (Lipinski definition) is 5. The third kappa shape index (κ3) is 4.93. The molecule has 0 radical (unpaired) electrons. The van der Waals surface area contributed by atoms with Crippen molar-refractivity contribution in [1.82, 2.24) is 4.72 Å². The molecular weight excluding hydrogens is 337 g/mol. The van der Waals surface area contributed by atoms with Gasteiger partial charge in [-0.2, -0.15) is 13.2 Å². The monoisotopic (exact) mass is 348 g/mol. The van der Waals surface area contributed by atoms with Gasteiger partial charge in [0, 0.05) is 6.54 Å². The van der Waals surface area contributed by atoms with Crippen LogP contribution in [0.15, 0.2) is 34.1 Å². The van der Waals surface area contributed by atoms with E-state index in [2.05, 4.69) is 0 Å². The van der Waals surface area contributed by atoms with Gasteiger partial charge in [0.25, 0.3) is 0 Å². The summed E-state index contributed by atoms with van der Waals surface area (Å²) in [5, 5.41) is 13.5. The Bertz CT molecular complexity index is 715. The molecule has 0 amide bonds. The number of aliphatic hydroxyl groups is 1. The summed E-state index contributed by atoms with van der Waals surface area (Å²) in [5.74, 6) is 0. The molecule has 0 aliphatic carbocycles. The topological polar surface area (TPSA) is 127 Å². The lowest BCUT2D eigenvalue weighted by molar-refractivity contribution is -0.200.